The first-order chi connectivity index (χ1) is 18.3. The van der Waals surface area contributed by atoms with E-state index in [4.69, 9.17) is 10.5 Å². The minimum atomic E-state index is -3.40. The van der Waals surface area contributed by atoms with Crippen molar-refractivity contribution in [1.29, 1.82) is 0 Å². The molecule has 1 atom stereocenters. The number of ether oxygens (including phenoxy) is 1. The van der Waals surface area contributed by atoms with Crippen molar-refractivity contribution in [3.63, 3.8) is 0 Å². The summed E-state index contributed by atoms with van der Waals surface area (Å²) < 4.78 is 30.6. The van der Waals surface area contributed by atoms with Crippen molar-refractivity contribution in [3.8, 4) is 16.9 Å². The van der Waals surface area contributed by atoms with E-state index >= 15 is 0 Å². The maximum Gasteiger partial charge on any atom is 0.270 e. The number of nitrogens with zero attached hydrogens (tertiary/aromatic N) is 1. The largest absolute Gasteiger partial charge is 0.476 e. The van der Waals surface area contributed by atoms with Gasteiger partial charge in [0.15, 0.2) is 9.84 Å². The van der Waals surface area contributed by atoms with Crippen LogP contribution in [0.1, 0.15) is 11.7 Å². The molecule has 0 aliphatic heterocycles. The van der Waals surface area contributed by atoms with Crippen molar-refractivity contribution in [2.45, 2.75) is 11.0 Å². The summed E-state index contributed by atoms with van der Waals surface area (Å²) in [7, 11) is -3.40. The van der Waals surface area contributed by atoms with Crippen LogP contribution in [0.25, 0.3) is 21.9 Å². The number of hydrogen-bond acceptors (Lipinski definition) is 6. The number of benzene rings is 4. The van der Waals surface area contributed by atoms with E-state index in [1.165, 1.54) is 6.26 Å². The van der Waals surface area contributed by atoms with Gasteiger partial charge in [-0.05, 0) is 47.3 Å². The third-order valence-electron chi connectivity index (χ3n) is 6.11. The highest BCUT2D eigenvalue weighted by atomic mass is 32.2. The Morgan fingerprint density at radius 2 is 1.61 bits per heavy atom. The van der Waals surface area contributed by atoms with Gasteiger partial charge >= 0.3 is 0 Å². The molecule has 8 heteroatoms. The van der Waals surface area contributed by atoms with E-state index in [0.29, 0.717) is 28.4 Å². The third-order valence-corrected chi connectivity index (χ3v) is 7.27. The van der Waals surface area contributed by atoms with Gasteiger partial charge in [-0.1, -0.05) is 66.7 Å². The van der Waals surface area contributed by atoms with Crippen LogP contribution >= 0.6 is 0 Å². The predicted molar refractivity (Wildman–Crippen MR) is 150 cm³/mol. The fourth-order valence-electron chi connectivity index (χ4n) is 4.25. The number of nitrogens with two attached hydrogens (primary N) is 1. The zero-order valence-electron chi connectivity index (χ0n) is 20.5. The number of nitrogen functional groups attached to an aromatic ring is 1. The molecule has 0 saturated heterocycles. The van der Waals surface area contributed by atoms with Crippen molar-refractivity contribution in [3.05, 3.63) is 115 Å². The second kappa shape index (κ2) is 10.4. The molecule has 5 aromatic rings. The summed E-state index contributed by atoms with van der Waals surface area (Å²) in [5.74, 6) is 0.500. The normalized spacial score (nSPS) is 12.1. The predicted octanol–water partition coefficient (Wildman–Crippen LogP) is 5.65. The van der Waals surface area contributed by atoms with Crippen LogP contribution in [0.5, 0.6) is 5.75 Å². The lowest BCUT2D eigenvalue weighted by Crippen LogP contribution is -2.25. The Morgan fingerprint density at radius 3 is 2.34 bits per heavy atom. The molecule has 1 heterocycles. The smallest absolute Gasteiger partial charge is 0.270 e. The van der Waals surface area contributed by atoms with Crippen molar-refractivity contribution in [1.82, 2.24) is 4.98 Å². The lowest BCUT2D eigenvalue weighted by atomic mass is 10.0. The standard InChI is InChI=1S/C30H25N3O4S/c1-38(35,36)27-10-6-5-9-25(27)20-11-14-23(15-12-20)33-30(34)28(22-7-3-2-4-8-22)37-24-16-13-21-17-18-32-29(31)26(21)19-24/h2-19,28H,1H3,(H2,31,32)(H,33,34). The molecule has 0 bridgehead atoms. The van der Waals surface area contributed by atoms with Gasteiger partial charge in [0.25, 0.3) is 5.91 Å². The van der Waals surface area contributed by atoms with Crippen molar-refractivity contribution in [2.75, 3.05) is 17.3 Å². The van der Waals surface area contributed by atoms with E-state index in [1.807, 2.05) is 42.5 Å². The summed E-state index contributed by atoms with van der Waals surface area (Å²) in [6.07, 6.45) is 1.89. The topological polar surface area (TPSA) is 111 Å². The molecule has 38 heavy (non-hydrogen) atoms. The number of carbonyl (C=O) groups excluding carboxylic acids is 1. The lowest BCUT2D eigenvalue weighted by Gasteiger charge is -2.20. The van der Waals surface area contributed by atoms with E-state index in [-0.39, 0.29) is 10.8 Å². The van der Waals surface area contributed by atoms with Crippen LogP contribution < -0.4 is 15.8 Å². The van der Waals surface area contributed by atoms with Gasteiger partial charge < -0.3 is 15.8 Å². The number of pyridine rings is 1. The molecule has 0 aliphatic carbocycles. The van der Waals surface area contributed by atoms with Crippen LogP contribution in [0.4, 0.5) is 11.5 Å². The van der Waals surface area contributed by atoms with Gasteiger partial charge in [0, 0.05) is 34.7 Å². The van der Waals surface area contributed by atoms with Crippen LogP contribution in [0.2, 0.25) is 0 Å². The van der Waals surface area contributed by atoms with Gasteiger partial charge in [-0.15, -0.1) is 0 Å². The molecule has 7 nitrogen and oxygen atoms in total. The number of rotatable bonds is 7. The summed E-state index contributed by atoms with van der Waals surface area (Å²) >= 11 is 0. The first kappa shape index (κ1) is 25.0. The Kier molecular flexibility index (Phi) is 6.81. The Bertz CT molecular complexity index is 1720. The quantitative estimate of drug-likeness (QED) is 0.285. The average Bonchev–Trinajstić information content (AvgIpc) is 2.92. The minimum absolute atomic E-state index is 0.251. The SMILES string of the molecule is CS(=O)(=O)c1ccccc1-c1ccc(NC(=O)C(Oc2ccc3ccnc(N)c3c2)c2ccccc2)cc1. The van der Waals surface area contributed by atoms with Crippen molar-refractivity contribution in [2.24, 2.45) is 0 Å². The van der Waals surface area contributed by atoms with Gasteiger partial charge in [0.1, 0.15) is 11.6 Å². The zero-order chi connectivity index (χ0) is 26.7. The summed E-state index contributed by atoms with van der Waals surface area (Å²) in [5.41, 5.74) is 8.59. The highest BCUT2D eigenvalue weighted by molar-refractivity contribution is 7.90. The molecule has 1 unspecified atom stereocenters. The molecule has 0 spiro atoms. The fraction of sp³-hybridized carbons (Fsp3) is 0.0667. The summed E-state index contributed by atoms with van der Waals surface area (Å²) in [6, 6.07) is 30.3. The van der Waals surface area contributed by atoms with E-state index in [1.54, 1.807) is 66.9 Å². The maximum atomic E-state index is 13.4. The monoisotopic (exact) mass is 523 g/mol. The maximum absolute atomic E-state index is 13.4. The molecule has 5 rings (SSSR count). The number of amides is 1. The van der Waals surface area contributed by atoms with Crippen molar-refractivity contribution >= 4 is 38.0 Å². The number of fused-ring (bicyclic) bond motifs is 1. The molecule has 0 saturated carbocycles. The lowest BCUT2D eigenvalue weighted by molar-refractivity contribution is -0.123. The molecule has 3 N–H and O–H groups in total. The van der Waals surface area contributed by atoms with Gasteiger partial charge in [-0.3, -0.25) is 4.79 Å². The molecule has 0 aliphatic rings. The Labute approximate surface area is 220 Å². The van der Waals surface area contributed by atoms with Gasteiger partial charge in [-0.2, -0.15) is 0 Å². The summed E-state index contributed by atoms with van der Waals surface area (Å²) in [5, 5.41) is 4.57. The molecule has 1 amide bonds. The van der Waals surface area contributed by atoms with Crippen LogP contribution in [-0.4, -0.2) is 25.6 Å². The molecule has 1 aromatic heterocycles. The minimum Gasteiger partial charge on any atom is -0.476 e. The van der Waals surface area contributed by atoms with Crippen LogP contribution in [0.15, 0.2) is 114 Å². The average molecular weight is 524 g/mol. The number of aromatic nitrogens is 1. The Balaban J connectivity index is 1.41. The molecule has 190 valence electrons. The Morgan fingerprint density at radius 1 is 0.895 bits per heavy atom. The molecule has 4 aromatic carbocycles. The second-order valence-electron chi connectivity index (χ2n) is 8.82. The van der Waals surface area contributed by atoms with E-state index in [0.717, 1.165) is 16.3 Å². The van der Waals surface area contributed by atoms with Crippen LogP contribution in [0, 0.1) is 0 Å². The fourth-order valence-corrected chi connectivity index (χ4v) is 5.16. The highest BCUT2D eigenvalue weighted by Gasteiger charge is 2.23. The van der Waals surface area contributed by atoms with Crippen LogP contribution in [0.3, 0.4) is 0 Å². The third kappa shape index (κ3) is 5.35. The molecular weight excluding hydrogens is 498 g/mol. The molecule has 0 radical (unpaired) electrons. The molecule has 0 fully saturated rings. The van der Waals surface area contributed by atoms with Gasteiger partial charge in [0.2, 0.25) is 6.10 Å². The van der Waals surface area contributed by atoms with Gasteiger partial charge in [0.05, 0.1) is 4.90 Å². The number of nitrogens with one attached hydrogen (secondary N) is 1. The van der Waals surface area contributed by atoms with E-state index in [2.05, 4.69) is 10.3 Å². The zero-order valence-corrected chi connectivity index (χ0v) is 21.4. The van der Waals surface area contributed by atoms with E-state index in [9.17, 15) is 13.2 Å². The second-order valence-corrected chi connectivity index (χ2v) is 10.8. The van der Waals surface area contributed by atoms with Gasteiger partial charge in [-0.25, -0.2) is 13.4 Å². The van der Waals surface area contributed by atoms with E-state index < -0.39 is 15.9 Å². The summed E-state index contributed by atoms with van der Waals surface area (Å²) in [4.78, 5) is 17.8. The van der Waals surface area contributed by atoms with Crippen LogP contribution in [-0.2, 0) is 14.6 Å². The number of hydrogen-bond donors (Lipinski definition) is 2. The number of anilines is 2. The first-order valence-electron chi connectivity index (χ1n) is 11.9. The first-order valence-corrected chi connectivity index (χ1v) is 13.7. The molecular formula is C30H25N3O4S. The summed E-state index contributed by atoms with van der Waals surface area (Å²) in [6.45, 7) is 0. The Hall–Kier alpha value is -4.69. The number of carbonyl (C=O) groups is 1. The highest BCUT2D eigenvalue weighted by Crippen LogP contribution is 2.30. The van der Waals surface area contributed by atoms with Crippen molar-refractivity contribution < 1.29 is 17.9 Å². The number of sulfone groups is 1.